The molecule has 2 heterocycles. The number of carbonyl (C=O) groups excluding carboxylic acids is 1. The van der Waals surface area contributed by atoms with Crippen LogP contribution in [-0.2, 0) is 11.3 Å². The van der Waals surface area contributed by atoms with Crippen molar-refractivity contribution in [2.24, 2.45) is 0 Å². The van der Waals surface area contributed by atoms with Crippen molar-refractivity contribution in [2.75, 3.05) is 12.1 Å². The van der Waals surface area contributed by atoms with Crippen molar-refractivity contribution in [3.05, 3.63) is 52.8 Å². The van der Waals surface area contributed by atoms with Gasteiger partial charge >= 0.3 is 0 Å². The van der Waals surface area contributed by atoms with E-state index in [1.165, 1.54) is 11.8 Å². The number of benzene rings is 2. The zero-order chi connectivity index (χ0) is 19.7. The van der Waals surface area contributed by atoms with Crippen molar-refractivity contribution >= 4 is 34.3 Å². The Balaban J connectivity index is 1.55. The number of anilines is 1. The van der Waals surface area contributed by atoms with Gasteiger partial charge in [-0.05, 0) is 38.1 Å². The molecule has 0 radical (unpaired) electrons. The lowest BCUT2D eigenvalue weighted by molar-refractivity contribution is -0.115. The molecular formula is C20H19N3O4S. The minimum Gasteiger partial charge on any atom is -0.454 e. The van der Waals surface area contributed by atoms with E-state index in [1.54, 1.807) is 41.8 Å². The number of fused-ring (bicyclic) bond motifs is 2. The second-order valence-electron chi connectivity index (χ2n) is 6.28. The zero-order valence-electron chi connectivity index (χ0n) is 15.5. The SMILES string of the molecule is CCn1c(S[C@@H](C)C(=O)Nc2ccc3c(c2)OCO3)nc2ccccc2c1=O. The van der Waals surface area contributed by atoms with Gasteiger partial charge in [-0.2, -0.15) is 0 Å². The third-order valence-electron chi connectivity index (χ3n) is 4.43. The van der Waals surface area contributed by atoms with Crippen LogP contribution in [0.25, 0.3) is 10.9 Å². The third kappa shape index (κ3) is 3.43. The Hall–Kier alpha value is -3.00. The van der Waals surface area contributed by atoms with E-state index in [1.807, 2.05) is 19.1 Å². The van der Waals surface area contributed by atoms with E-state index in [9.17, 15) is 9.59 Å². The van der Waals surface area contributed by atoms with Crippen LogP contribution in [0.2, 0.25) is 0 Å². The summed E-state index contributed by atoms with van der Waals surface area (Å²) in [5.74, 6) is 1.08. The van der Waals surface area contributed by atoms with Gasteiger partial charge in [-0.25, -0.2) is 4.98 Å². The Bertz CT molecular complexity index is 1110. The summed E-state index contributed by atoms with van der Waals surface area (Å²) in [6.07, 6.45) is 0. The number of nitrogens with zero attached hydrogens (tertiary/aromatic N) is 2. The molecule has 1 N–H and O–H groups in total. The topological polar surface area (TPSA) is 82.5 Å². The maximum absolute atomic E-state index is 12.7. The number of hydrogen-bond acceptors (Lipinski definition) is 6. The number of thioether (sulfide) groups is 1. The fraction of sp³-hybridized carbons (Fsp3) is 0.250. The highest BCUT2D eigenvalue weighted by atomic mass is 32.2. The molecule has 1 aromatic heterocycles. The van der Waals surface area contributed by atoms with Gasteiger partial charge in [-0.1, -0.05) is 23.9 Å². The summed E-state index contributed by atoms with van der Waals surface area (Å²) >= 11 is 1.26. The van der Waals surface area contributed by atoms with Gasteiger partial charge < -0.3 is 14.8 Å². The van der Waals surface area contributed by atoms with Gasteiger partial charge in [-0.3, -0.25) is 14.2 Å². The zero-order valence-corrected chi connectivity index (χ0v) is 16.3. The van der Waals surface area contributed by atoms with Crippen molar-refractivity contribution in [1.29, 1.82) is 0 Å². The van der Waals surface area contributed by atoms with Gasteiger partial charge in [0.1, 0.15) is 0 Å². The predicted molar refractivity (Wildman–Crippen MR) is 108 cm³/mol. The van der Waals surface area contributed by atoms with Crippen LogP contribution in [-0.4, -0.2) is 27.5 Å². The van der Waals surface area contributed by atoms with E-state index < -0.39 is 5.25 Å². The Morgan fingerprint density at radius 2 is 2.04 bits per heavy atom. The number of aromatic nitrogens is 2. The van der Waals surface area contributed by atoms with Crippen molar-refractivity contribution in [2.45, 2.75) is 30.8 Å². The summed E-state index contributed by atoms with van der Waals surface area (Å²) in [5, 5.41) is 3.53. The summed E-state index contributed by atoms with van der Waals surface area (Å²) in [5.41, 5.74) is 1.16. The molecule has 0 saturated heterocycles. The number of hydrogen-bond donors (Lipinski definition) is 1. The maximum atomic E-state index is 12.7. The van der Waals surface area contributed by atoms with E-state index in [0.29, 0.717) is 39.8 Å². The summed E-state index contributed by atoms with van der Waals surface area (Å²) in [6, 6.07) is 12.5. The molecule has 2 aromatic carbocycles. The molecule has 0 saturated carbocycles. The number of para-hydroxylation sites is 1. The van der Waals surface area contributed by atoms with Crippen molar-refractivity contribution in [3.8, 4) is 11.5 Å². The first-order valence-corrected chi connectivity index (χ1v) is 9.81. The maximum Gasteiger partial charge on any atom is 0.262 e. The Labute approximate surface area is 165 Å². The second kappa shape index (κ2) is 7.55. The average molecular weight is 397 g/mol. The molecule has 144 valence electrons. The van der Waals surface area contributed by atoms with Gasteiger partial charge in [0, 0.05) is 18.3 Å². The fourth-order valence-corrected chi connectivity index (χ4v) is 3.92. The molecule has 1 aliphatic heterocycles. The summed E-state index contributed by atoms with van der Waals surface area (Å²) in [4.78, 5) is 30.0. The van der Waals surface area contributed by atoms with Crippen LogP contribution in [0.15, 0.2) is 52.4 Å². The monoisotopic (exact) mass is 397 g/mol. The van der Waals surface area contributed by atoms with Crippen LogP contribution in [0.5, 0.6) is 11.5 Å². The minimum atomic E-state index is -0.448. The molecule has 7 nitrogen and oxygen atoms in total. The lowest BCUT2D eigenvalue weighted by Crippen LogP contribution is -2.26. The fourth-order valence-electron chi connectivity index (χ4n) is 2.95. The summed E-state index contributed by atoms with van der Waals surface area (Å²) in [7, 11) is 0. The number of ether oxygens (including phenoxy) is 2. The van der Waals surface area contributed by atoms with Crippen LogP contribution < -0.4 is 20.3 Å². The van der Waals surface area contributed by atoms with Crippen LogP contribution in [0.3, 0.4) is 0 Å². The molecule has 1 atom stereocenters. The first-order valence-electron chi connectivity index (χ1n) is 8.93. The van der Waals surface area contributed by atoms with E-state index in [4.69, 9.17) is 9.47 Å². The van der Waals surface area contributed by atoms with Crippen LogP contribution in [0.4, 0.5) is 5.69 Å². The molecule has 4 rings (SSSR count). The van der Waals surface area contributed by atoms with E-state index >= 15 is 0 Å². The largest absolute Gasteiger partial charge is 0.454 e. The van der Waals surface area contributed by atoms with Gasteiger partial charge in [0.15, 0.2) is 16.7 Å². The van der Waals surface area contributed by atoms with E-state index in [2.05, 4.69) is 10.3 Å². The first kappa shape index (κ1) is 18.4. The molecule has 0 spiro atoms. The molecule has 0 unspecified atom stereocenters. The van der Waals surface area contributed by atoms with Crippen LogP contribution >= 0.6 is 11.8 Å². The molecule has 0 aliphatic carbocycles. The van der Waals surface area contributed by atoms with Crippen molar-refractivity contribution in [3.63, 3.8) is 0 Å². The number of rotatable bonds is 5. The van der Waals surface area contributed by atoms with Crippen molar-refractivity contribution < 1.29 is 14.3 Å². The van der Waals surface area contributed by atoms with Gasteiger partial charge in [0.05, 0.1) is 16.2 Å². The highest BCUT2D eigenvalue weighted by Gasteiger charge is 2.20. The standard InChI is InChI=1S/C20H19N3O4S/c1-3-23-19(25)14-6-4-5-7-15(14)22-20(23)28-12(2)18(24)21-13-8-9-16-17(10-13)27-11-26-16/h4-10,12H,3,11H2,1-2H3,(H,21,24)/t12-/m0/s1. The molecule has 3 aromatic rings. The lowest BCUT2D eigenvalue weighted by Gasteiger charge is -2.15. The minimum absolute atomic E-state index is 0.0982. The Kier molecular flexibility index (Phi) is 4.95. The third-order valence-corrected chi connectivity index (χ3v) is 5.52. The summed E-state index contributed by atoms with van der Waals surface area (Å²) in [6.45, 7) is 4.34. The summed E-state index contributed by atoms with van der Waals surface area (Å²) < 4.78 is 12.2. The Morgan fingerprint density at radius 3 is 2.86 bits per heavy atom. The Morgan fingerprint density at radius 1 is 1.25 bits per heavy atom. The van der Waals surface area contributed by atoms with Gasteiger partial charge in [-0.15, -0.1) is 0 Å². The highest BCUT2D eigenvalue weighted by Crippen LogP contribution is 2.34. The molecule has 8 heteroatoms. The molecule has 0 bridgehead atoms. The highest BCUT2D eigenvalue weighted by molar-refractivity contribution is 8.00. The lowest BCUT2D eigenvalue weighted by atomic mass is 10.2. The van der Waals surface area contributed by atoms with E-state index in [-0.39, 0.29) is 18.3 Å². The number of amides is 1. The second-order valence-corrected chi connectivity index (χ2v) is 7.59. The van der Waals surface area contributed by atoms with Crippen molar-refractivity contribution in [1.82, 2.24) is 9.55 Å². The quantitative estimate of drug-likeness (QED) is 0.526. The number of carbonyl (C=O) groups is 1. The van der Waals surface area contributed by atoms with Gasteiger partial charge in [0.2, 0.25) is 12.7 Å². The van der Waals surface area contributed by atoms with Crippen LogP contribution in [0.1, 0.15) is 13.8 Å². The molecule has 1 aliphatic rings. The molecular weight excluding hydrogens is 378 g/mol. The van der Waals surface area contributed by atoms with Gasteiger partial charge in [0.25, 0.3) is 5.56 Å². The van der Waals surface area contributed by atoms with E-state index in [0.717, 1.165) is 0 Å². The molecule has 28 heavy (non-hydrogen) atoms. The molecule has 0 fully saturated rings. The van der Waals surface area contributed by atoms with Crippen LogP contribution in [0, 0.1) is 0 Å². The average Bonchev–Trinajstić information content (AvgIpc) is 3.16. The molecule has 1 amide bonds. The first-order chi connectivity index (χ1) is 13.6. The predicted octanol–water partition coefficient (Wildman–Crippen LogP) is 3.26. The normalized spacial score (nSPS) is 13.5. The number of nitrogens with one attached hydrogen (secondary N) is 1. The smallest absolute Gasteiger partial charge is 0.262 e.